The van der Waals surface area contributed by atoms with Crippen LogP contribution < -0.4 is 0 Å². The summed E-state index contributed by atoms with van der Waals surface area (Å²) in [5.41, 5.74) is 2.27. The molecule has 0 aliphatic heterocycles. The van der Waals surface area contributed by atoms with Gasteiger partial charge in [-0.25, -0.2) is 4.39 Å². The van der Waals surface area contributed by atoms with Gasteiger partial charge in [-0.1, -0.05) is 68.7 Å². The van der Waals surface area contributed by atoms with Crippen LogP contribution in [-0.4, -0.2) is 0 Å². The standard InChI is InChI=1S/C29H39F/c1-3-5-6-7-25-16-17-27-20-26(18-19-28(27)29(25)30)24-14-12-23(13-15-24)22-10-8-21(4-2)9-11-22/h3,5,16-24H,4,6-15H2,1-2H3/b5-3+. The zero-order valence-corrected chi connectivity index (χ0v) is 19.0. The predicted octanol–water partition coefficient (Wildman–Crippen LogP) is 8.98. The van der Waals surface area contributed by atoms with E-state index in [0.29, 0.717) is 5.92 Å². The lowest BCUT2D eigenvalue weighted by molar-refractivity contribution is 0.158. The second-order valence-corrected chi connectivity index (χ2v) is 9.93. The summed E-state index contributed by atoms with van der Waals surface area (Å²) in [6.07, 6.45) is 18.5. The summed E-state index contributed by atoms with van der Waals surface area (Å²) in [4.78, 5) is 0. The molecular weight excluding hydrogens is 367 g/mol. The summed E-state index contributed by atoms with van der Waals surface area (Å²) in [6, 6.07) is 10.6. The zero-order valence-electron chi connectivity index (χ0n) is 19.0. The zero-order chi connectivity index (χ0) is 20.9. The summed E-state index contributed by atoms with van der Waals surface area (Å²) >= 11 is 0. The first-order chi connectivity index (χ1) is 14.7. The minimum atomic E-state index is -0.0186. The molecule has 0 spiro atoms. The maximum absolute atomic E-state index is 15.0. The molecule has 2 aromatic carbocycles. The van der Waals surface area contributed by atoms with E-state index in [1.807, 2.05) is 25.1 Å². The van der Waals surface area contributed by atoms with Gasteiger partial charge in [0.05, 0.1) is 0 Å². The van der Waals surface area contributed by atoms with Gasteiger partial charge in [0.2, 0.25) is 0 Å². The van der Waals surface area contributed by atoms with Crippen molar-refractivity contribution in [2.45, 2.75) is 90.4 Å². The van der Waals surface area contributed by atoms with Crippen LogP contribution in [0.3, 0.4) is 0 Å². The molecule has 0 atom stereocenters. The molecule has 30 heavy (non-hydrogen) atoms. The van der Waals surface area contributed by atoms with E-state index in [4.69, 9.17) is 0 Å². The Morgan fingerprint density at radius 1 is 0.900 bits per heavy atom. The topological polar surface area (TPSA) is 0 Å². The molecule has 2 aliphatic rings. The van der Waals surface area contributed by atoms with Crippen LogP contribution in [0.25, 0.3) is 10.8 Å². The van der Waals surface area contributed by atoms with Gasteiger partial charge in [0.25, 0.3) is 0 Å². The Morgan fingerprint density at radius 3 is 2.27 bits per heavy atom. The summed E-state index contributed by atoms with van der Waals surface area (Å²) < 4.78 is 15.0. The largest absolute Gasteiger partial charge is 0.206 e. The van der Waals surface area contributed by atoms with Crippen LogP contribution in [0, 0.1) is 23.6 Å². The van der Waals surface area contributed by atoms with Crippen molar-refractivity contribution < 1.29 is 4.39 Å². The van der Waals surface area contributed by atoms with Gasteiger partial charge in [-0.15, -0.1) is 0 Å². The van der Waals surface area contributed by atoms with Crippen molar-refractivity contribution in [2.75, 3.05) is 0 Å². The van der Waals surface area contributed by atoms with E-state index in [9.17, 15) is 4.39 Å². The first kappa shape index (κ1) is 21.6. The molecule has 0 N–H and O–H groups in total. The van der Waals surface area contributed by atoms with E-state index in [0.717, 1.165) is 46.9 Å². The average molecular weight is 407 g/mol. The van der Waals surface area contributed by atoms with Crippen LogP contribution in [0.15, 0.2) is 42.5 Å². The Balaban J connectivity index is 1.39. The van der Waals surface area contributed by atoms with Crippen molar-refractivity contribution in [1.29, 1.82) is 0 Å². The number of benzene rings is 2. The minimum Gasteiger partial charge on any atom is -0.206 e. The summed E-state index contributed by atoms with van der Waals surface area (Å²) in [6.45, 7) is 4.37. The number of hydrogen-bond acceptors (Lipinski definition) is 0. The molecule has 1 heteroatoms. The fraction of sp³-hybridized carbons (Fsp3) is 0.586. The molecule has 0 bridgehead atoms. The van der Waals surface area contributed by atoms with Gasteiger partial charge < -0.3 is 0 Å². The van der Waals surface area contributed by atoms with Gasteiger partial charge in [-0.05, 0) is 98.5 Å². The van der Waals surface area contributed by atoms with Crippen molar-refractivity contribution in [3.05, 3.63) is 59.4 Å². The van der Waals surface area contributed by atoms with Crippen molar-refractivity contribution in [1.82, 2.24) is 0 Å². The summed E-state index contributed by atoms with van der Waals surface area (Å²) in [5, 5.41) is 1.86. The molecule has 0 aromatic heterocycles. The second kappa shape index (κ2) is 10.1. The monoisotopic (exact) mass is 406 g/mol. The number of hydrogen-bond donors (Lipinski definition) is 0. The molecule has 0 saturated heterocycles. The van der Waals surface area contributed by atoms with Crippen LogP contribution in [-0.2, 0) is 6.42 Å². The highest BCUT2D eigenvalue weighted by atomic mass is 19.1. The number of allylic oxidation sites excluding steroid dienone is 2. The molecule has 0 amide bonds. The Kier molecular flexibility index (Phi) is 7.28. The number of rotatable bonds is 6. The van der Waals surface area contributed by atoms with Crippen molar-refractivity contribution in [3.63, 3.8) is 0 Å². The third kappa shape index (κ3) is 4.82. The van der Waals surface area contributed by atoms with E-state index in [1.165, 1.54) is 63.4 Å². The Labute approximate surface area is 183 Å². The van der Waals surface area contributed by atoms with Gasteiger partial charge in [0.15, 0.2) is 0 Å². The van der Waals surface area contributed by atoms with Gasteiger partial charge in [0, 0.05) is 5.39 Å². The predicted molar refractivity (Wildman–Crippen MR) is 127 cm³/mol. The highest BCUT2D eigenvalue weighted by molar-refractivity contribution is 5.84. The van der Waals surface area contributed by atoms with E-state index in [1.54, 1.807) is 0 Å². The number of halogens is 1. The molecule has 0 unspecified atom stereocenters. The molecule has 162 valence electrons. The van der Waals surface area contributed by atoms with Crippen LogP contribution >= 0.6 is 0 Å². The average Bonchev–Trinajstić information content (AvgIpc) is 2.81. The molecule has 2 saturated carbocycles. The van der Waals surface area contributed by atoms with E-state index < -0.39 is 0 Å². The molecule has 2 aromatic rings. The third-order valence-electron chi connectivity index (χ3n) is 8.25. The molecule has 0 heterocycles. The molecule has 4 rings (SSSR count). The lowest BCUT2D eigenvalue weighted by Gasteiger charge is -2.38. The molecule has 0 radical (unpaired) electrons. The smallest absolute Gasteiger partial charge is 0.134 e. The van der Waals surface area contributed by atoms with Crippen LogP contribution in [0.4, 0.5) is 4.39 Å². The first-order valence-electron chi connectivity index (χ1n) is 12.5. The molecule has 0 nitrogen and oxygen atoms in total. The van der Waals surface area contributed by atoms with Crippen LogP contribution in [0.2, 0.25) is 0 Å². The van der Waals surface area contributed by atoms with Gasteiger partial charge in [0.1, 0.15) is 5.82 Å². The lowest BCUT2D eigenvalue weighted by atomic mass is 9.68. The third-order valence-corrected chi connectivity index (χ3v) is 8.25. The van der Waals surface area contributed by atoms with Crippen LogP contribution in [0.1, 0.15) is 95.1 Å². The molecule has 2 aliphatic carbocycles. The summed E-state index contributed by atoms with van der Waals surface area (Å²) in [7, 11) is 0. The van der Waals surface area contributed by atoms with E-state index in [-0.39, 0.29) is 5.82 Å². The maximum atomic E-state index is 15.0. The fourth-order valence-electron chi connectivity index (χ4n) is 6.20. The number of fused-ring (bicyclic) bond motifs is 1. The lowest BCUT2D eigenvalue weighted by Crippen LogP contribution is -2.25. The normalized spacial score (nSPS) is 27.7. The van der Waals surface area contributed by atoms with Gasteiger partial charge >= 0.3 is 0 Å². The highest BCUT2D eigenvalue weighted by Gasteiger charge is 2.31. The second-order valence-electron chi connectivity index (χ2n) is 9.93. The molecular formula is C29H39F. The quantitative estimate of drug-likeness (QED) is 0.420. The first-order valence-corrected chi connectivity index (χ1v) is 12.5. The number of aryl methyl sites for hydroxylation is 1. The van der Waals surface area contributed by atoms with Crippen molar-refractivity contribution in [3.8, 4) is 0 Å². The Morgan fingerprint density at radius 2 is 1.60 bits per heavy atom. The summed E-state index contributed by atoms with van der Waals surface area (Å²) in [5.74, 6) is 3.58. The highest BCUT2D eigenvalue weighted by Crippen LogP contribution is 2.44. The van der Waals surface area contributed by atoms with Gasteiger partial charge in [-0.2, -0.15) is 0 Å². The fourth-order valence-corrected chi connectivity index (χ4v) is 6.20. The van der Waals surface area contributed by atoms with Gasteiger partial charge in [-0.3, -0.25) is 0 Å². The minimum absolute atomic E-state index is 0.0186. The SMILES string of the molecule is C/C=C/CCc1ccc2cc(C3CCC(C4CCC(CC)CC4)CC3)ccc2c1F. The Hall–Kier alpha value is -1.63. The van der Waals surface area contributed by atoms with Crippen molar-refractivity contribution in [2.24, 2.45) is 17.8 Å². The van der Waals surface area contributed by atoms with E-state index >= 15 is 0 Å². The van der Waals surface area contributed by atoms with Crippen molar-refractivity contribution >= 4 is 10.8 Å². The van der Waals surface area contributed by atoms with E-state index in [2.05, 4.69) is 31.2 Å². The molecule has 2 fully saturated rings. The van der Waals surface area contributed by atoms with Crippen LogP contribution in [0.5, 0.6) is 0 Å². The maximum Gasteiger partial charge on any atom is 0.134 e. The Bertz CT molecular complexity index is 848.